The Labute approximate surface area is 189 Å². The van der Waals surface area contributed by atoms with Crippen molar-refractivity contribution >= 4 is 39.4 Å². The molecule has 2 atom stereocenters. The Kier molecular flexibility index (Phi) is 5.22. The van der Waals surface area contributed by atoms with Crippen molar-refractivity contribution < 1.29 is 18.0 Å². The molecule has 0 spiro atoms. The van der Waals surface area contributed by atoms with E-state index in [0.29, 0.717) is 10.6 Å². The largest absolute Gasteiger partial charge is 0.410 e. The van der Waals surface area contributed by atoms with Gasteiger partial charge in [0.2, 0.25) is 0 Å². The summed E-state index contributed by atoms with van der Waals surface area (Å²) in [4.78, 5) is 14.9. The zero-order chi connectivity index (χ0) is 22.5. The van der Waals surface area contributed by atoms with Crippen molar-refractivity contribution in [2.45, 2.75) is 50.4 Å². The third-order valence-corrected chi connectivity index (χ3v) is 8.07. The van der Waals surface area contributed by atoms with Crippen molar-refractivity contribution in [1.82, 2.24) is 9.78 Å². The zero-order valence-corrected chi connectivity index (χ0v) is 18.3. The first-order valence-electron chi connectivity index (χ1n) is 10.2. The number of hydrogen-bond acceptors (Lipinski definition) is 6. The highest BCUT2D eigenvalue weighted by molar-refractivity contribution is 7.16. The first kappa shape index (κ1) is 21.0. The van der Waals surface area contributed by atoms with Gasteiger partial charge in [0, 0.05) is 16.2 Å². The summed E-state index contributed by atoms with van der Waals surface area (Å²) in [6.45, 7) is 0. The second-order valence-electron chi connectivity index (χ2n) is 7.84. The predicted molar refractivity (Wildman–Crippen MR) is 116 cm³/mol. The van der Waals surface area contributed by atoms with Gasteiger partial charge >= 0.3 is 6.18 Å². The molecule has 0 saturated heterocycles. The van der Waals surface area contributed by atoms with Gasteiger partial charge in [-0.25, -0.2) is 4.68 Å². The first-order valence-corrected chi connectivity index (χ1v) is 11.9. The summed E-state index contributed by atoms with van der Waals surface area (Å²) in [5.74, 6) is -0.545. The van der Waals surface area contributed by atoms with Gasteiger partial charge in [-0.3, -0.25) is 4.79 Å². The fourth-order valence-corrected chi connectivity index (χ4v) is 6.37. The fraction of sp³-hybridized carbons (Fsp3) is 0.381. The normalized spacial score (nSPS) is 20.1. The lowest BCUT2D eigenvalue weighted by molar-refractivity contribution is -0.173. The van der Waals surface area contributed by atoms with Gasteiger partial charge in [-0.05, 0) is 42.7 Å². The number of fused-ring (bicyclic) bond motifs is 2. The molecule has 1 aliphatic heterocycles. The van der Waals surface area contributed by atoms with Crippen LogP contribution in [0.3, 0.4) is 0 Å². The van der Waals surface area contributed by atoms with Gasteiger partial charge in [-0.2, -0.15) is 23.5 Å². The van der Waals surface area contributed by atoms with Gasteiger partial charge in [0.05, 0.1) is 17.8 Å². The van der Waals surface area contributed by atoms with Crippen LogP contribution in [0.2, 0.25) is 0 Å². The molecule has 0 aromatic carbocycles. The average Bonchev–Trinajstić information content (AvgIpc) is 3.49. The van der Waals surface area contributed by atoms with E-state index < -0.39 is 24.2 Å². The van der Waals surface area contributed by atoms with E-state index in [2.05, 4.69) is 21.8 Å². The van der Waals surface area contributed by atoms with E-state index in [9.17, 15) is 23.2 Å². The van der Waals surface area contributed by atoms with Crippen molar-refractivity contribution in [2.75, 3.05) is 10.6 Å². The van der Waals surface area contributed by atoms with Crippen molar-refractivity contribution in [3.05, 3.63) is 50.2 Å². The number of carbonyl (C=O) groups is 1. The number of alkyl halides is 3. The summed E-state index contributed by atoms with van der Waals surface area (Å²) in [7, 11) is 0. The summed E-state index contributed by atoms with van der Waals surface area (Å²) in [6, 6.07) is 3.32. The summed E-state index contributed by atoms with van der Waals surface area (Å²) >= 11 is 2.73. The maximum atomic E-state index is 13.8. The maximum absolute atomic E-state index is 13.8. The Balaban J connectivity index is 1.49. The molecule has 11 heteroatoms. The van der Waals surface area contributed by atoms with Crippen LogP contribution in [0.25, 0.3) is 0 Å². The Bertz CT molecular complexity index is 1210. The van der Waals surface area contributed by atoms with Gasteiger partial charge in [-0.1, -0.05) is 6.07 Å². The summed E-state index contributed by atoms with van der Waals surface area (Å²) in [6.07, 6.45) is 0.136. The fourth-order valence-electron chi connectivity index (χ4n) is 4.35. The van der Waals surface area contributed by atoms with Gasteiger partial charge in [0.25, 0.3) is 5.91 Å². The number of nitrogens with zero attached hydrogens (tertiary/aromatic N) is 3. The Hall–Kier alpha value is -2.84. The van der Waals surface area contributed by atoms with E-state index in [-0.39, 0.29) is 17.8 Å². The standard InChI is InChI=1S/C21H18F3N5OS2/c22-21(23,24)17-8-14(16-6-3-7-31-16)27-18-13(10-26-29(17)18)19(30)28-20-12(9-25)11-4-1-2-5-15(11)32-20/h3,6-7,10,14,17,27H,1-2,4-5,8H2,(H,28,30). The average molecular weight is 478 g/mol. The van der Waals surface area contributed by atoms with E-state index >= 15 is 0 Å². The lowest BCUT2D eigenvalue weighted by atomic mass is 9.96. The molecule has 2 N–H and O–H groups in total. The summed E-state index contributed by atoms with van der Waals surface area (Å²) < 4.78 is 42.3. The lowest BCUT2D eigenvalue weighted by Crippen LogP contribution is -2.36. The minimum atomic E-state index is -4.51. The number of hydrogen-bond donors (Lipinski definition) is 2. The maximum Gasteiger partial charge on any atom is 0.410 e. The van der Waals surface area contributed by atoms with Crippen LogP contribution in [0.15, 0.2) is 23.7 Å². The molecule has 1 amide bonds. The molecule has 4 heterocycles. The van der Waals surface area contributed by atoms with Crippen LogP contribution in [0.5, 0.6) is 0 Å². The van der Waals surface area contributed by atoms with Crippen molar-refractivity contribution in [1.29, 1.82) is 5.26 Å². The minimum Gasteiger partial charge on any atom is -0.362 e. The molecule has 0 radical (unpaired) electrons. The molecule has 0 saturated carbocycles. The Morgan fingerprint density at radius 2 is 2.16 bits per heavy atom. The summed E-state index contributed by atoms with van der Waals surface area (Å²) in [5.41, 5.74) is 1.46. The van der Waals surface area contributed by atoms with E-state index in [4.69, 9.17) is 0 Å². The van der Waals surface area contributed by atoms with Crippen LogP contribution in [0, 0.1) is 11.3 Å². The topological polar surface area (TPSA) is 82.7 Å². The Morgan fingerprint density at radius 3 is 2.88 bits per heavy atom. The minimum absolute atomic E-state index is 0.0239. The molecule has 0 bridgehead atoms. The summed E-state index contributed by atoms with van der Waals surface area (Å²) in [5, 5.41) is 21.6. The zero-order valence-electron chi connectivity index (χ0n) is 16.7. The molecule has 0 fully saturated rings. The second-order valence-corrected chi connectivity index (χ2v) is 9.92. The highest BCUT2D eigenvalue weighted by Gasteiger charge is 2.47. The molecular weight excluding hydrogens is 459 g/mol. The number of aromatic nitrogens is 2. The number of halogens is 3. The molecule has 2 aliphatic rings. The molecule has 32 heavy (non-hydrogen) atoms. The second kappa shape index (κ2) is 7.94. The predicted octanol–water partition coefficient (Wildman–Crippen LogP) is 5.67. The number of rotatable bonds is 3. The highest BCUT2D eigenvalue weighted by Crippen LogP contribution is 2.45. The van der Waals surface area contributed by atoms with E-state index in [1.54, 1.807) is 17.5 Å². The number of carbonyl (C=O) groups excluding carboxylic acids is 1. The number of anilines is 2. The molecule has 6 nitrogen and oxygen atoms in total. The van der Waals surface area contributed by atoms with Crippen LogP contribution in [0.1, 0.15) is 62.6 Å². The van der Waals surface area contributed by atoms with Crippen molar-refractivity contribution in [2.24, 2.45) is 0 Å². The van der Waals surface area contributed by atoms with Crippen LogP contribution < -0.4 is 10.6 Å². The molecule has 1 aliphatic carbocycles. The van der Waals surface area contributed by atoms with Crippen LogP contribution in [-0.2, 0) is 12.8 Å². The molecule has 166 valence electrons. The molecule has 3 aromatic rings. The van der Waals surface area contributed by atoms with Crippen molar-refractivity contribution in [3.63, 3.8) is 0 Å². The number of thiophene rings is 2. The van der Waals surface area contributed by atoms with E-state index in [1.807, 2.05) is 0 Å². The number of nitriles is 1. The van der Waals surface area contributed by atoms with E-state index in [0.717, 1.165) is 51.9 Å². The van der Waals surface area contributed by atoms with E-state index in [1.165, 1.54) is 22.7 Å². The molecule has 2 unspecified atom stereocenters. The molecular formula is C21H18F3N5OS2. The first-order chi connectivity index (χ1) is 15.4. The van der Waals surface area contributed by atoms with Crippen LogP contribution in [0.4, 0.5) is 24.0 Å². The third-order valence-electron chi connectivity index (χ3n) is 5.88. The number of aryl methyl sites for hydroxylation is 1. The highest BCUT2D eigenvalue weighted by atomic mass is 32.1. The Morgan fingerprint density at radius 1 is 1.34 bits per heavy atom. The number of amides is 1. The van der Waals surface area contributed by atoms with Crippen molar-refractivity contribution in [3.8, 4) is 6.07 Å². The SMILES string of the molecule is N#Cc1c(NC(=O)c2cnn3c2NC(c2cccs2)CC3C(F)(F)F)sc2c1CCCC2. The van der Waals surface area contributed by atoms with Gasteiger partial charge in [0.15, 0.2) is 6.04 Å². The van der Waals surface area contributed by atoms with Crippen LogP contribution in [-0.4, -0.2) is 21.9 Å². The quantitative estimate of drug-likeness (QED) is 0.509. The van der Waals surface area contributed by atoms with Gasteiger partial charge in [-0.15, -0.1) is 22.7 Å². The van der Waals surface area contributed by atoms with Gasteiger partial charge < -0.3 is 10.6 Å². The lowest BCUT2D eigenvalue weighted by Gasteiger charge is -2.33. The molecule has 3 aromatic heterocycles. The van der Waals surface area contributed by atoms with Crippen LogP contribution >= 0.6 is 22.7 Å². The third kappa shape index (κ3) is 3.57. The smallest absolute Gasteiger partial charge is 0.362 e. The van der Waals surface area contributed by atoms with Gasteiger partial charge in [0.1, 0.15) is 22.5 Å². The number of nitrogens with one attached hydrogen (secondary N) is 2. The monoisotopic (exact) mass is 477 g/mol. The molecule has 5 rings (SSSR count).